The van der Waals surface area contributed by atoms with Crippen LogP contribution in [0.3, 0.4) is 0 Å². The zero-order chi connectivity index (χ0) is 17.6. The number of Topliss-reactive ketones (excluding diaryl/α,β-unsaturated/α-hetero) is 1. The summed E-state index contributed by atoms with van der Waals surface area (Å²) in [6, 6.07) is 8.53. The smallest absolute Gasteiger partial charge is 0.234 e. The van der Waals surface area contributed by atoms with Crippen LogP contribution in [0.2, 0.25) is 0 Å². The van der Waals surface area contributed by atoms with Crippen molar-refractivity contribution in [2.24, 2.45) is 17.3 Å². The van der Waals surface area contributed by atoms with Crippen molar-refractivity contribution in [3.8, 4) is 0 Å². The lowest BCUT2D eigenvalue weighted by Crippen LogP contribution is -2.58. The molecule has 2 saturated heterocycles. The second-order valence-corrected chi connectivity index (χ2v) is 8.09. The summed E-state index contributed by atoms with van der Waals surface area (Å²) in [5, 5.41) is 9.76. The number of rotatable bonds is 2. The van der Waals surface area contributed by atoms with E-state index in [1.165, 1.54) is 0 Å². The van der Waals surface area contributed by atoms with Gasteiger partial charge in [0, 0.05) is 11.3 Å². The third kappa shape index (κ3) is 2.52. The Bertz CT molecular complexity index is 773. The van der Waals surface area contributed by atoms with E-state index in [1.54, 1.807) is 44.2 Å². The molecule has 2 fully saturated rings. The normalized spacial score (nSPS) is 29.0. The number of carbonyl (C=O) groups excluding carboxylic acids is 3. The molecule has 0 radical (unpaired) electrons. The number of thiocarbonyl (C=S) groups is 1. The largest absolute Gasteiger partial charge is 0.319 e. The summed E-state index contributed by atoms with van der Waals surface area (Å²) in [4.78, 5) is 38.2. The number of piperidine rings is 1. The predicted molar refractivity (Wildman–Crippen MR) is 96.4 cm³/mol. The Hall–Kier alpha value is -1.86. The van der Waals surface area contributed by atoms with Crippen LogP contribution in [-0.2, 0) is 9.59 Å². The van der Waals surface area contributed by atoms with E-state index in [-0.39, 0.29) is 21.6 Å². The van der Waals surface area contributed by atoms with Crippen LogP contribution in [-0.4, -0.2) is 32.8 Å². The molecule has 3 rings (SSSR count). The van der Waals surface area contributed by atoms with Crippen molar-refractivity contribution in [2.45, 2.75) is 19.1 Å². The van der Waals surface area contributed by atoms with Crippen molar-refractivity contribution in [2.75, 3.05) is 0 Å². The van der Waals surface area contributed by atoms with Crippen LogP contribution >= 0.6 is 24.0 Å². The summed E-state index contributed by atoms with van der Waals surface area (Å²) < 4.78 is 0. The lowest BCUT2D eigenvalue weighted by Gasteiger charge is -2.41. The van der Waals surface area contributed by atoms with Crippen LogP contribution in [0.5, 0.6) is 0 Å². The minimum Gasteiger partial charge on any atom is -0.319 e. The van der Waals surface area contributed by atoms with E-state index in [0.29, 0.717) is 5.56 Å². The maximum absolute atomic E-state index is 12.8. The fraction of sp³-hybridized carbons (Fsp3) is 0.353. The van der Waals surface area contributed by atoms with E-state index in [0.717, 1.165) is 11.8 Å². The van der Waals surface area contributed by atoms with Gasteiger partial charge in [0.05, 0.1) is 16.8 Å². The van der Waals surface area contributed by atoms with Gasteiger partial charge in [-0.25, -0.2) is 0 Å². The van der Waals surface area contributed by atoms with E-state index in [9.17, 15) is 14.4 Å². The first-order valence-electron chi connectivity index (χ1n) is 7.48. The summed E-state index contributed by atoms with van der Waals surface area (Å²) in [7, 11) is 0. The molecule has 3 unspecified atom stereocenters. The third-order valence-corrected chi connectivity index (χ3v) is 6.13. The van der Waals surface area contributed by atoms with Gasteiger partial charge in [0.2, 0.25) is 5.91 Å². The van der Waals surface area contributed by atoms with Crippen molar-refractivity contribution < 1.29 is 14.4 Å². The van der Waals surface area contributed by atoms with E-state index in [1.807, 2.05) is 0 Å². The predicted octanol–water partition coefficient (Wildman–Crippen LogP) is 2.25. The number of benzene rings is 1. The zero-order valence-electron chi connectivity index (χ0n) is 13.2. The van der Waals surface area contributed by atoms with Gasteiger partial charge >= 0.3 is 0 Å². The van der Waals surface area contributed by atoms with Crippen molar-refractivity contribution >= 4 is 51.5 Å². The first-order chi connectivity index (χ1) is 11.2. The molecule has 3 atom stereocenters. The summed E-state index contributed by atoms with van der Waals surface area (Å²) in [5.41, 5.74) is -0.439. The fourth-order valence-corrected chi connectivity index (χ4v) is 5.29. The van der Waals surface area contributed by atoms with Gasteiger partial charge in [0.1, 0.15) is 5.25 Å². The molecule has 0 aliphatic carbocycles. The summed E-state index contributed by atoms with van der Waals surface area (Å²) in [6.45, 7) is 3.52. The molecule has 2 heterocycles. The van der Waals surface area contributed by atoms with Crippen LogP contribution in [0, 0.1) is 22.7 Å². The van der Waals surface area contributed by atoms with Crippen LogP contribution in [0.15, 0.2) is 30.3 Å². The quantitative estimate of drug-likeness (QED) is 0.624. The lowest BCUT2D eigenvalue weighted by molar-refractivity contribution is -0.128. The van der Waals surface area contributed by atoms with Gasteiger partial charge in [-0.1, -0.05) is 68.2 Å². The first-order valence-corrected chi connectivity index (χ1v) is 8.76. The topological polar surface area (TPSA) is 87.1 Å². The maximum Gasteiger partial charge on any atom is 0.234 e. The molecule has 2 aliphatic heterocycles. The highest BCUT2D eigenvalue weighted by molar-refractivity contribution is 8.15. The molecule has 2 bridgehead atoms. The van der Waals surface area contributed by atoms with Gasteiger partial charge in [0.15, 0.2) is 10.9 Å². The second-order valence-electron chi connectivity index (χ2n) is 6.54. The summed E-state index contributed by atoms with van der Waals surface area (Å²) >= 11 is 6.00. The Balaban J connectivity index is 2.07. The van der Waals surface area contributed by atoms with Crippen molar-refractivity contribution in [1.29, 1.82) is 5.41 Å². The Morgan fingerprint density at radius 3 is 2.46 bits per heavy atom. The van der Waals surface area contributed by atoms with Crippen LogP contribution in [0.25, 0.3) is 0 Å². The molecule has 24 heavy (non-hydrogen) atoms. The molecule has 7 heteroatoms. The number of thioether (sulfide) groups is 1. The Morgan fingerprint density at radius 1 is 1.21 bits per heavy atom. The van der Waals surface area contributed by atoms with Gasteiger partial charge < -0.3 is 10.7 Å². The van der Waals surface area contributed by atoms with E-state index < -0.39 is 28.4 Å². The fourth-order valence-electron chi connectivity index (χ4n) is 3.41. The molecule has 0 aromatic heterocycles. The standard InChI is InChI=1S/C17H16N2O3S2/c1-17(2)9-11(18)13(12(20)8-6-4-3-5-7-8)24-16(22)10(17)15(23)19-14(9)21/h3-7,9-10,13,18H,1-2H3,(H,19,21,23). The van der Waals surface area contributed by atoms with Gasteiger partial charge in [-0.05, 0) is 5.41 Å². The van der Waals surface area contributed by atoms with Crippen molar-refractivity contribution in [3.05, 3.63) is 35.9 Å². The van der Waals surface area contributed by atoms with E-state index in [2.05, 4.69) is 5.32 Å². The van der Waals surface area contributed by atoms with Gasteiger partial charge in [-0.2, -0.15) is 0 Å². The van der Waals surface area contributed by atoms with Gasteiger partial charge in [-0.15, -0.1) is 0 Å². The summed E-state index contributed by atoms with van der Waals surface area (Å²) in [6.07, 6.45) is 0. The summed E-state index contributed by atoms with van der Waals surface area (Å²) in [5.74, 6) is -2.28. The Kier molecular flexibility index (Phi) is 4.17. The molecule has 0 spiro atoms. The average molecular weight is 360 g/mol. The van der Waals surface area contributed by atoms with Crippen molar-refractivity contribution in [3.63, 3.8) is 0 Å². The highest BCUT2D eigenvalue weighted by Gasteiger charge is 2.57. The SMILES string of the molecule is CC1(C)C2C(=N)C(C(=O)c3ccccc3)SC(=O)C1C(=S)NC2=O. The highest BCUT2D eigenvalue weighted by Crippen LogP contribution is 2.47. The number of hydrogen-bond acceptors (Lipinski definition) is 6. The molecule has 124 valence electrons. The first kappa shape index (κ1) is 17.0. The van der Waals surface area contributed by atoms with Crippen molar-refractivity contribution in [1.82, 2.24) is 5.32 Å². The second kappa shape index (κ2) is 5.89. The molecule has 1 aromatic rings. The number of hydrogen-bond donors (Lipinski definition) is 2. The van der Waals surface area contributed by atoms with Crippen LogP contribution in [0.4, 0.5) is 0 Å². The number of fused-ring (bicyclic) bond motifs is 2. The monoisotopic (exact) mass is 360 g/mol. The molecule has 2 aliphatic rings. The minimum absolute atomic E-state index is 0.0327. The molecule has 0 saturated carbocycles. The maximum atomic E-state index is 12.8. The average Bonchev–Trinajstić information content (AvgIpc) is 2.55. The lowest BCUT2D eigenvalue weighted by atomic mass is 9.64. The number of ketones is 1. The number of carbonyl (C=O) groups is 3. The molecule has 1 amide bonds. The van der Waals surface area contributed by atoms with Gasteiger partial charge in [-0.3, -0.25) is 14.4 Å². The number of nitrogens with one attached hydrogen (secondary N) is 2. The molecule has 2 N–H and O–H groups in total. The third-order valence-electron chi connectivity index (χ3n) is 4.62. The Morgan fingerprint density at radius 2 is 1.83 bits per heavy atom. The van der Waals surface area contributed by atoms with E-state index in [4.69, 9.17) is 17.6 Å². The molecule has 5 nitrogen and oxygen atoms in total. The molecular weight excluding hydrogens is 344 g/mol. The minimum atomic E-state index is -0.999. The molecular formula is C17H16N2O3S2. The van der Waals surface area contributed by atoms with Crippen LogP contribution < -0.4 is 5.32 Å². The van der Waals surface area contributed by atoms with Crippen LogP contribution in [0.1, 0.15) is 24.2 Å². The number of amides is 1. The molecule has 1 aromatic carbocycles. The highest BCUT2D eigenvalue weighted by atomic mass is 32.2. The zero-order valence-corrected chi connectivity index (χ0v) is 14.8. The van der Waals surface area contributed by atoms with E-state index >= 15 is 0 Å². The van der Waals surface area contributed by atoms with Gasteiger partial charge in [0.25, 0.3) is 0 Å². The Labute approximate surface area is 149 Å².